The van der Waals surface area contributed by atoms with E-state index in [0.29, 0.717) is 23.6 Å². The third-order valence-corrected chi connectivity index (χ3v) is 6.73. The van der Waals surface area contributed by atoms with Gasteiger partial charge in [-0.25, -0.2) is 17.6 Å². The van der Waals surface area contributed by atoms with Crippen molar-refractivity contribution in [1.29, 1.82) is 0 Å². The molecule has 0 N–H and O–H groups in total. The molecule has 3 aromatic carbocycles. The second-order valence-corrected chi connectivity index (χ2v) is 9.14. The van der Waals surface area contributed by atoms with Crippen LogP contribution in [0.2, 0.25) is 0 Å². The molecule has 0 saturated heterocycles. The van der Waals surface area contributed by atoms with Gasteiger partial charge in [0, 0.05) is 6.07 Å². The fourth-order valence-corrected chi connectivity index (χ4v) is 4.90. The zero-order valence-electron chi connectivity index (χ0n) is 19.3. The lowest BCUT2D eigenvalue weighted by Gasteiger charge is -2.28. The van der Waals surface area contributed by atoms with E-state index in [-0.39, 0.29) is 5.56 Å². The number of benzene rings is 3. The molecule has 0 aromatic heterocycles. The Balaban J connectivity index is 1.51. The van der Waals surface area contributed by atoms with E-state index in [9.17, 15) is 26.3 Å². The molecular formula is C28H26F6O. The summed E-state index contributed by atoms with van der Waals surface area (Å²) in [5, 5.41) is 0. The Labute approximate surface area is 200 Å². The van der Waals surface area contributed by atoms with Gasteiger partial charge in [0.15, 0.2) is 11.6 Å². The average molecular weight is 493 g/mol. The molecular weight excluding hydrogens is 466 g/mol. The summed E-state index contributed by atoms with van der Waals surface area (Å²) >= 11 is 0. The van der Waals surface area contributed by atoms with Gasteiger partial charge < -0.3 is 4.74 Å². The van der Waals surface area contributed by atoms with Gasteiger partial charge in [-0.15, -0.1) is 0 Å². The van der Waals surface area contributed by atoms with Gasteiger partial charge in [0.1, 0.15) is 22.9 Å². The number of rotatable bonds is 7. The van der Waals surface area contributed by atoms with Crippen LogP contribution in [0.1, 0.15) is 62.5 Å². The smallest absolute Gasteiger partial charge is 0.429 e. The second kappa shape index (κ2) is 10.3. The molecule has 186 valence electrons. The number of hydrogen-bond donors (Lipinski definition) is 0. The molecule has 0 bridgehead atoms. The van der Waals surface area contributed by atoms with Crippen molar-refractivity contribution in [3.8, 4) is 16.9 Å². The molecule has 0 aliphatic heterocycles. The molecule has 3 aromatic rings. The lowest BCUT2D eigenvalue weighted by Crippen LogP contribution is -2.25. The quantitative estimate of drug-likeness (QED) is 0.299. The summed E-state index contributed by atoms with van der Waals surface area (Å²) in [5.41, 5.74) is 0.146. The van der Waals surface area contributed by atoms with E-state index in [1.54, 1.807) is 12.1 Å². The maximum atomic E-state index is 14.7. The molecule has 0 radical (unpaired) electrons. The van der Waals surface area contributed by atoms with Gasteiger partial charge in [-0.2, -0.15) is 8.78 Å². The first-order valence-corrected chi connectivity index (χ1v) is 11.8. The SMILES string of the molecule is CCCC1CCC(c2ccc(-c3cc(F)c(C(F)(F)Oc4ccc(F)c(F)c4)c(F)c3)cc2)CC1. The van der Waals surface area contributed by atoms with Crippen LogP contribution >= 0.6 is 0 Å². The highest BCUT2D eigenvalue weighted by Crippen LogP contribution is 2.39. The van der Waals surface area contributed by atoms with E-state index in [0.717, 1.165) is 42.5 Å². The molecule has 0 unspecified atom stereocenters. The van der Waals surface area contributed by atoms with Crippen molar-refractivity contribution in [1.82, 2.24) is 0 Å². The maximum Gasteiger partial charge on any atom is 0.432 e. The van der Waals surface area contributed by atoms with Crippen LogP contribution in [0.25, 0.3) is 11.1 Å². The van der Waals surface area contributed by atoms with Crippen molar-refractivity contribution in [3.63, 3.8) is 0 Å². The number of alkyl halides is 2. The molecule has 1 aliphatic carbocycles. The predicted molar refractivity (Wildman–Crippen MR) is 122 cm³/mol. The lowest BCUT2D eigenvalue weighted by atomic mass is 9.77. The zero-order chi connectivity index (χ0) is 25.2. The lowest BCUT2D eigenvalue weighted by molar-refractivity contribution is -0.189. The third kappa shape index (κ3) is 5.65. The molecule has 1 nitrogen and oxygen atoms in total. The molecule has 1 aliphatic rings. The van der Waals surface area contributed by atoms with Crippen molar-refractivity contribution in [2.75, 3.05) is 0 Å². The van der Waals surface area contributed by atoms with Crippen LogP contribution in [0, 0.1) is 29.2 Å². The van der Waals surface area contributed by atoms with E-state index >= 15 is 0 Å². The van der Waals surface area contributed by atoms with E-state index in [2.05, 4.69) is 11.7 Å². The zero-order valence-corrected chi connectivity index (χ0v) is 19.3. The number of halogens is 6. The number of hydrogen-bond acceptors (Lipinski definition) is 1. The second-order valence-electron chi connectivity index (χ2n) is 9.14. The monoisotopic (exact) mass is 492 g/mol. The Hall–Kier alpha value is -2.96. The van der Waals surface area contributed by atoms with Gasteiger partial charge in [-0.05, 0) is 78.5 Å². The molecule has 0 spiro atoms. The van der Waals surface area contributed by atoms with Crippen molar-refractivity contribution in [2.24, 2.45) is 5.92 Å². The predicted octanol–water partition coefficient (Wildman–Crippen LogP) is 9.11. The Morgan fingerprint density at radius 3 is 1.94 bits per heavy atom. The summed E-state index contributed by atoms with van der Waals surface area (Å²) in [7, 11) is 0. The van der Waals surface area contributed by atoms with Gasteiger partial charge in [0.05, 0.1) is 0 Å². The summed E-state index contributed by atoms with van der Waals surface area (Å²) in [5.74, 6) is -5.25. The van der Waals surface area contributed by atoms with E-state index < -0.39 is 40.7 Å². The number of ether oxygens (including phenoxy) is 1. The highest BCUT2D eigenvalue weighted by Gasteiger charge is 2.41. The highest BCUT2D eigenvalue weighted by molar-refractivity contribution is 5.64. The average Bonchev–Trinajstić information content (AvgIpc) is 2.81. The molecule has 7 heteroatoms. The van der Waals surface area contributed by atoms with Gasteiger partial charge in [0.25, 0.3) is 0 Å². The standard InChI is InChI=1S/C28H26F6O/c1-2-3-17-4-6-18(7-5-17)19-8-10-20(11-9-19)21-14-25(31)27(26(32)15-21)28(33,34)35-22-12-13-23(29)24(30)16-22/h8-18H,2-7H2,1H3. The first-order chi connectivity index (χ1) is 16.7. The Morgan fingerprint density at radius 2 is 1.37 bits per heavy atom. The van der Waals surface area contributed by atoms with Crippen LogP contribution in [-0.2, 0) is 6.11 Å². The third-order valence-electron chi connectivity index (χ3n) is 6.73. The Morgan fingerprint density at radius 1 is 0.743 bits per heavy atom. The highest BCUT2D eigenvalue weighted by atomic mass is 19.3. The topological polar surface area (TPSA) is 9.23 Å². The normalized spacial score (nSPS) is 18.5. The Kier molecular flexibility index (Phi) is 7.43. The van der Waals surface area contributed by atoms with E-state index in [1.807, 2.05) is 12.1 Å². The van der Waals surface area contributed by atoms with Crippen LogP contribution in [0.3, 0.4) is 0 Å². The minimum absolute atomic E-state index is 0.102. The van der Waals surface area contributed by atoms with Crippen molar-refractivity contribution in [2.45, 2.75) is 57.5 Å². The maximum absolute atomic E-state index is 14.7. The van der Waals surface area contributed by atoms with Gasteiger partial charge in [-0.3, -0.25) is 0 Å². The molecule has 0 amide bonds. The fraction of sp³-hybridized carbons (Fsp3) is 0.357. The Bertz CT molecular complexity index is 1140. The first kappa shape index (κ1) is 25.1. The summed E-state index contributed by atoms with van der Waals surface area (Å²) < 4.78 is 89.1. The van der Waals surface area contributed by atoms with Crippen LogP contribution in [0.5, 0.6) is 5.75 Å². The van der Waals surface area contributed by atoms with Crippen LogP contribution in [0.15, 0.2) is 54.6 Å². The van der Waals surface area contributed by atoms with Crippen LogP contribution in [-0.4, -0.2) is 0 Å². The van der Waals surface area contributed by atoms with Gasteiger partial charge in [-0.1, -0.05) is 44.0 Å². The fourth-order valence-electron chi connectivity index (χ4n) is 4.90. The molecule has 4 rings (SSSR count). The summed E-state index contributed by atoms with van der Waals surface area (Å²) in [6, 6.07) is 10.6. The molecule has 1 saturated carbocycles. The van der Waals surface area contributed by atoms with E-state index in [1.165, 1.54) is 25.7 Å². The van der Waals surface area contributed by atoms with Crippen LogP contribution < -0.4 is 4.74 Å². The first-order valence-electron chi connectivity index (χ1n) is 11.8. The van der Waals surface area contributed by atoms with Gasteiger partial charge >= 0.3 is 6.11 Å². The summed E-state index contributed by atoms with van der Waals surface area (Å²) in [6.45, 7) is 2.20. The van der Waals surface area contributed by atoms with Crippen molar-refractivity contribution < 1.29 is 31.1 Å². The molecule has 1 fully saturated rings. The molecule has 35 heavy (non-hydrogen) atoms. The largest absolute Gasteiger partial charge is 0.432 e. The summed E-state index contributed by atoms with van der Waals surface area (Å²) in [4.78, 5) is 0. The minimum atomic E-state index is -4.45. The molecule has 0 atom stereocenters. The van der Waals surface area contributed by atoms with Crippen LogP contribution in [0.4, 0.5) is 26.3 Å². The minimum Gasteiger partial charge on any atom is -0.429 e. The summed E-state index contributed by atoms with van der Waals surface area (Å²) in [6.07, 6.45) is 2.60. The van der Waals surface area contributed by atoms with E-state index in [4.69, 9.17) is 0 Å². The van der Waals surface area contributed by atoms with Gasteiger partial charge in [0.2, 0.25) is 0 Å². The molecule has 0 heterocycles. The van der Waals surface area contributed by atoms with Crippen molar-refractivity contribution in [3.05, 3.63) is 89.0 Å². The van der Waals surface area contributed by atoms with Crippen molar-refractivity contribution >= 4 is 0 Å².